The molecular weight excluding hydrogens is 171 g/mol. The maximum Gasteiger partial charge on any atom is 0.488 e. The molecule has 2 bridgehead atoms. The summed E-state index contributed by atoms with van der Waals surface area (Å²) in [7, 11) is -3.00. The SMILES string of the molecule is O=P12OC(CCCCO)(O1)O2. The normalized spacial score (nSPS) is 46.3. The van der Waals surface area contributed by atoms with E-state index in [4.69, 9.17) is 18.7 Å². The number of phosphoric acid groups is 1. The Bertz CT molecular complexity index is 188. The van der Waals surface area contributed by atoms with Crippen molar-refractivity contribution in [1.82, 2.24) is 0 Å². The van der Waals surface area contributed by atoms with Gasteiger partial charge in [-0.05, 0) is 12.8 Å². The first kappa shape index (κ1) is 7.71. The molecule has 0 unspecified atom stereocenters. The van der Waals surface area contributed by atoms with Crippen LogP contribution in [0.25, 0.3) is 0 Å². The van der Waals surface area contributed by atoms with E-state index >= 15 is 0 Å². The highest BCUT2D eigenvalue weighted by Crippen LogP contribution is 2.80. The third-order valence-electron chi connectivity index (χ3n) is 1.64. The highest BCUT2D eigenvalue weighted by Gasteiger charge is 2.74. The molecule has 0 aromatic heterocycles. The molecule has 0 spiro atoms. The van der Waals surface area contributed by atoms with E-state index < -0.39 is 13.8 Å². The van der Waals surface area contributed by atoms with Crippen LogP contribution in [0, 0.1) is 0 Å². The molecule has 3 aliphatic heterocycles. The summed E-state index contributed by atoms with van der Waals surface area (Å²) >= 11 is 0. The van der Waals surface area contributed by atoms with Gasteiger partial charge in [0.2, 0.25) is 0 Å². The summed E-state index contributed by atoms with van der Waals surface area (Å²) < 4.78 is 25.0. The predicted octanol–water partition coefficient (Wildman–Crippen LogP) is 0.988. The maximum absolute atomic E-state index is 10.7. The van der Waals surface area contributed by atoms with Gasteiger partial charge >= 0.3 is 13.8 Å². The molecule has 5 nitrogen and oxygen atoms in total. The summed E-state index contributed by atoms with van der Waals surface area (Å²) in [6.45, 7) is 0.147. The lowest BCUT2D eigenvalue weighted by Gasteiger charge is -2.55. The Morgan fingerprint density at radius 2 is 1.91 bits per heavy atom. The van der Waals surface area contributed by atoms with Gasteiger partial charge in [-0.15, -0.1) is 0 Å². The first-order valence-electron chi connectivity index (χ1n) is 3.51. The van der Waals surface area contributed by atoms with Gasteiger partial charge in [-0.1, -0.05) is 0 Å². The van der Waals surface area contributed by atoms with Crippen molar-refractivity contribution in [2.75, 3.05) is 6.61 Å². The molecule has 3 heterocycles. The Hall–Kier alpha value is 0.0700. The summed E-state index contributed by atoms with van der Waals surface area (Å²) in [5.41, 5.74) is 0. The lowest BCUT2D eigenvalue weighted by Crippen LogP contribution is -2.56. The van der Waals surface area contributed by atoms with Crippen molar-refractivity contribution < 1.29 is 23.2 Å². The van der Waals surface area contributed by atoms with Crippen LogP contribution in [0.5, 0.6) is 0 Å². The molecule has 0 amide bonds. The third kappa shape index (κ3) is 1.13. The molecule has 3 fully saturated rings. The van der Waals surface area contributed by atoms with Gasteiger partial charge in [0.05, 0.1) is 0 Å². The summed E-state index contributed by atoms with van der Waals surface area (Å²) in [5, 5.41) is 8.44. The second-order valence-corrected chi connectivity index (χ2v) is 4.03. The quantitative estimate of drug-likeness (QED) is 0.516. The molecule has 0 radical (unpaired) electrons. The zero-order valence-corrected chi connectivity index (χ0v) is 6.75. The van der Waals surface area contributed by atoms with E-state index in [0.29, 0.717) is 12.8 Å². The third-order valence-corrected chi connectivity index (χ3v) is 3.15. The van der Waals surface area contributed by atoms with Gasteiger partial charge in [-0.2, -0.15) is 0 Å². The monoisotopic (exact) mass is 180 g/mol. The smallest absolute Gasteiger partial charge is 0.396 e. The van der Waals surface area contributed by atoms with E-state index in [0.717, 1.165) is 6.42 Å². The van der Waals surface area contributed by atoms with Crippen molar-refractivity contribution >= 4 is 7.82 Å². The largest absolute Gasteiger partial charge is 0.488 e. The van der Waals surface area contributed by atoms with Crippen molar-refractivity contribution in [1.29, 1.82) is 0 Å². The number of aliphatic hydroxyl groups is 1. The molecule has 3 aliphatic rings. The molecule has 3 rings (SSSR count). The molecule has 64 valence electrons. The minimum atomic E-state index is -3.00. The van der Waals surface area contributed by atoms with Crippen molar-refractivity contribution in [3.63, 3.8) is 0 Å². The average Bonchev–Trinajstić information content (AvgIpc) is 1.82. The fourth-order valence-electron chi connectivity index (χ4n) is 1.12. The molecule has 0 aromatic carbocycles. The lowest BCUT2D eigenvalue weighted by molar-refractivity contribution is -0.430. The standard InChI is InChI=1S/C5H9O5P/c6-4-2-1-3-5-8-11(7,9-5)10-5/h6H,1-4H2. The molecule has 3 saturated heterocycles. The van der Waals surface area contributed by atoms with E-state index in [-0.39, 0.29) is 6.61 Å². The summed E-state index contributed by atoms with van der Waals surface area (Å²) in [4.78, 5) is 0. The van der Waals surface area contributed by atoms with Gasteiger partial charge < -0.3 is 5.11 Å². The summed E-state index contributed by atoms with van der Waals surface area (Å²) in [5.74, 6) is -0.995. The van der Waals surface area contributed by atoms with Gasteiger partial charge in [-0.3, -0.25) is 0 Å². The van der Waals surface area contributed by atoms with E-state index in [9.17, 15) is 4.57 Å². The van der Waals surface area contributed by atoms with Crippen LogP contribution >= 0.6 is 7.82 Å². The second kappa shape index (κ2) is 2.28. The Morgan fingerprint density at radius 3 is 2.36 bits per heavy atom. The second-order valence-electron chi connectivity index (χ2n) is 2.58. The van der Waals surface area contributed by atoms with Gasteiger partial charge in [0.15, 0.2) is 0 Å². The molecule has 1 N–H and O–H groups in total. The highest BCUT2D eigenvalue weighted by atomic mass is 31.2. The number of aliphatic hydroxyl groups excluding tert-OH is 1. The average molecular weight is 180 g/mol. The molecule has 0 aliphatic carbocycles. The first-order valence-corrected chi connectivity index (χ1v) is 4.97. The van der Waals surface area contributed by atoms with Crippen LogP contribution in [0.1, 0.15) is 19.3 Å². The highest BCUT2D eigenvalue weighted by molar-refractivity contribution is 7.51. The van der Waals surface area contributed by atoms with E-state index in [1.807, 2.05) is 0 Å². The van der Waals surface area contributed by atoms with Crippen LogP contribution in [0.2, 0.25) is 0 Å². The van der Waals surface area contributed by atoms with Crippen LogP contribution < -0.4 is 0 Å². The molecule has 0 saturated carbocycles. The van der Waals surface area contributed by atoms with Crippen LogP contribution in [0.4, 0.5) is 0 Å². The molecule has 6 heteroatoms. The van der Waals surface area contributed by atoms with Crippen molar-refractivity contribution in [2.24, 2.45) is 0 Å². The van der Waals surface area contributed by atoms with Crippen LogP contribution in [-0.4, -0.2) is 17.7 Å². The minimum Gasteiger partial charge on any atom is -0.396 e. The predicted molar refractivity (Wildman–Crippen MR) is 34.5 cm³/mol. The Balaban J connectivity index is 1.70. The van der Waals surface area contributed by atoms with Gasteiger partial charge in [-0.25, -0.2) is 18.1 Å². The Labute approximate surface area is 63.9 Å². The molecular formula is C5H9O5P. The number of hydrogen-bond donors (Lipinski definition) is 1. The Morgan fingerprint density at radius 1 is 1.27 bits per heavy atom. The summed E-state index contributed by atoms with van der Waals surface area (Å²) in [6.07, 6.45) is 1.97. The molecule has 0 aromatic rings. The van der Waals surface area contributed by atoms with Crippen LogP contribution in [0.15, 0.2) is 0 Å². The fourth-order valence-corrected chi connectivity index (χ4v) is 2.46. The van der Waals surface area contributed by atoms with E-state index in [2.05, 4.69) is 0 Å². The fraction of sp³-hybridized carbons (Fsp3) is 1.00. The van der Waals surface area contributed by atoms with E-state index in [1.54, 1.807) is 0 Å². The van der Waals surface area contributed by atoms with Crippen LogP contribution in [-0.2, 0) is 18.1 Å². The Kier molecular flexibility index (Phi) is 1.60. The zero-order chi connectivity index (χ0) is 7.95. The zero-order valence-electron chi connectivity index (χ0n) is 5.86. The van der Waals surface area contributed by atoms with Crippen molar-refractivity contribution in [3.8, 4) is 0 Å². The van der Waals surface area contributed by atoms with Crippen molar-refractivity contribution in [2.45, 2.75) is 25.2 Å². The minimum absolute atomic E-state index is 0.147. The van der Waals surface area contributed by atoms with Gasteiger partial charge in [0.25, 0.3) is 0 Å². The van der Waals surface area contributed by atoms with E-state index in [1.165, 1.54) is 0 Å². The molecule has 0 atom stereocenters. The molecule has 11 heavy (non-hydrogen) atoms. The summed E-state index contributed by atoms with van der Waals surface area (Å²) in [6, 6.07) is 0. The van der Waals surface area contributed by atoms with Crippen LogP contribution in [0.3, 0.4) is 0 Å². The number of unbranched alkanes of at least 4 members (excludes halogenated alkanes) is 1. The topological polar surface area (TPSA) is 65.0 Å². The maximum atomic E-state index is 10.7. The van der Waals surface area contributed by atoms with Gasteiger partial charge in [0, 0.05) is 13.0 Å². The van der Waals surface area contributed by atoms with Gasteiger partial charge in [0.1, 0.15) is 0 Å². The van der Waals surface area contributed by atoms with Crippen molar-refractivity contribution in [3.05, 3.63) is 0 Å². The lowest BCUT2D eigenvalue weighted by atomic mass is 10.2. The first-order chi connectivity index (χ1) is 5.18. The number of rotatable bonds is 4. The number of phosphoric ester groups is 1. The number of hydrogen-bond acceptors (Lipinski definition) is 5.